The number of nitrogens with zero attached hydrogens (tertiary/aromatic N) is 3. The van der Waals surface area contributed by atoms with Crippen LogP contribution in [-0.4, -0.2) is 67.0 Å². The third kappa shape index (κ3) is 10.5. The van der Waals surface area contributed by atoms with Gasteiger partial charge in [0.2, 0.25) is 10.0 Å². The first kappa shape index (κ1) is 38.3. The van der Waals surface area contributed by atoms with Crippen molar-refractivity contribution < 1.29 is 13.2 Å². The van der Waals surface area contributed by atoms with Crippen LogP contribution in [0.4, 0.5) is 0 Å². The van der Waals surface area contributed by atoms with Gasteiger partial charge in [0.05, 0.1) is 10.6 Å². The highest BCUT2D eigenvalue weighted by Gasteiger charge is 2.23. The normalized spacial score (nSPS) is 14.1. The number of fused-ring (bicyclic) bond motifs is 1. The first-order valence-corrected chi connectivity index (χ1v) is 18.3. The number of carbonyl (C=O) groups excluding carboxylic acids is 1. The van der Waals surface area contributed by atoms with Gasteiger partial charge in [-0.05, 0) is 85.8 Å². The number of sulfonamides is 1. The molecule has 0 spiro atoms. The van der Waals surface area contributed by atoms with Crippen LogP contribution in [0.1, 0.15) is 82.4 Å². The Bertz CT molecular complexity index is 1940. The van der Waals surface area contributed by atoms with E-state index in [1.807, 2.05) is 18.2 Å². The van der Waals surface area contributed by atoms with Gasteiger partial charge in [0.25, 0.3) is 5.91 Å². The Labute approximate surface area is 294 Å². The molecule has 50 heavy (non-hydrogen) atoms. The van der Waals surface area contributed by atoms with Gasteiger partial charge in [-0.2, -0.15) is 4.98 Å². The molecule has 0 bridgehead atoms. The molecule has 3 heterocycles. The molecule has 1 saturated heterocycles. The molecule has 5 rings (SSSR count). The smallest absolute Gasteiger partial charge is 0.354 e. The predicted octanol–water partition coefficient (Wildman–Crippen LogP) is 3.42. The number of amides is 1. The van der Waals surface area contributed by atoms with Crippen molar-refractivity contribution >= 4 is 32.9 Å². The van der Waals surface area contributed by atoms with E-state index in [1.165, 1.54) is 4.57 Å². The van der Waals surface area contributed by atoms with E-state index >= 15 is 0 Å². The lowest BCUT2D eigenvalue weighted by atomic mass is 9.87. The average Bonchev–Trinajstić information content (AvgIpc) is 3.48. The zero-order valence-corrected chi connectivity index (χ0v) is 30.7. The number of rotatable bonds is 9. The van der Waals surface area contributed by atoms with Gasteiger partial charge < -0.3 is 27.1 Å². The lowest BCUT2D eigenvalue weighted by Gasteiger charge is -2.24. The fraction of sp³-hybridized carbons (Fsp3) is 0.444. The first-order valence-electron chi connectivity index (χ1n) is 16.8. The summed E-state index contributed by atoms with van der Waals surface area (Å²) < 4.78 is 28.9. The number of aromatic amines is 1. The van der Waals surface area contributed by atoms with Gasteiger partial charge in [-0.1, -0.05) is 53.7 Å². The predicted molar refractivity (Wildman–Crippen MR) is 199 cm³/mol. The third-order valence-corrected chi connectivity index (χ3v) is 9.87. The minimum atomic E-state index is -3.40. The van der Waals surface area contributed by atoms with Crippen LogP contribution in [0.25, 0.3) is 16.7 Å². The van der Waals surface area contributed by atoms with Gasteiger partial charge in [-0.3, -0.25) is 14.4 Å². The molecule has 0 aliphatic carbocycles. The average molecular weight is 706 g/mol. The van der Waals surface area contributed by atoms with Crippen LogP contribution in [0.5, 0.6) is 0 Å². The van der Waals surface area contributed by atoms with E-state index in [-0.39, 0.29) is 34.4 Å². The van der Waals surface area contributed by atoms with Crippen LogP contribution >= 0.6 is 0 Å². The zero-order valence-electron chi connectivity index (χ0n) is 29.8. The molecule has 270 valence electrons. The summed E-state index contributed by atoms with van der Waals surface area (Å²) in [5, 5.41) is 6.89. The number of carbonyl (C=O) groups is 1. The number of nitrogens with two attached hydrogens (primary N) is 2. The maximum Gasteiger partial charge on any atom is 0.354 e. The van der Waals surface area contributed by atoms with E-state index in [0.717, 1.165) is 42.6 Å². The summed E-state index contributed by atoms with van der Waals surface area (Å²) in [4.78, 5) is 36.3. The number of piperidine rings is 1. The highest BCUT2D eigenvalue weighted by molar-refractivity contribution is 7.89. The van der Waals surface area contributed by atoms with Gasteiger partial charge >= 0.3 is 5.69 Å². The summed E-state index contributed by atoms with van der Waals surface area (Å²) in [5.74, 6) is -0.165. The van der Waals surface area contributed by atoms with Gasteiger partial charge in [0.1, 0.15) is 5.65 Å². The minimum Gasteiger partial charge on any atom is -0.370 e. The molecule has 0 saturated carbocycles. The van der Waals surface area contributed by atoms with Crippen molar-refractivity contribution in [1.29, 1.82) is 0 Å². The molecule has 4 aromatic rings. The van der Waals surface area contributed by atoms with E-state index in [9.17, 15) is 18.0 Å². The van der Waals surface area contributed by atoms with Gasteiger partial charge in [-0.15, -0.1) is 0 Å². The van der Waals surface area contributed by atoms with E-state index in [1.54, 1.807) is 42.6 Å². The minimum absolute atomic E-state index is 0.0325. The molecule has 1 aliphatic heterocycles. The Morgan fingerprint density at radius 3 is 2.20 bits per heavy atom. The summed E-state index contributed by atoms with van der Waals surface area (Å²) in [5.41, 5.74) is 13.9. The molecule has 0 unspecified atom stereocenters. The summed E-state index contributed by atoms with van der Waals surface area (Å²) in [6.07, 6.45) is 4.09. The van der Waals surface area contributed by atoms with Crippen molar-refractivity contribution in [2.24, 2.45) is 16.5 Å². The third-order valence-electron chi connectivity index (χ3n) is 8.33. The molecule has 0 radical (unpaired) electrons. The topological polar surface area (TPSA) is 202 Å². The quantitative estimate of drug-likeness (QED) is 0.0864. The standard InChI is InChI=1S/C21H27N7O2.C15H24N2O2S/c1-21(2,3)16-11-14-12-28(20(30)27-17(14)26-16)15-7-5-13(6-8-15)18(29)24-9-4-10-25-19(22)23;1-15(2,3)12-4-6-14(7-5-12)20(18,19)17-13-8-10-16-11-9-13/h5-8,11-12H,4,9-10H2,1-3H3,(H,24,29)(H4,22,23,25)(H,26,27,30);4-7,13,16-17H,8-11H2,1-3H3. The Kier molecular flexibility index (Phi) is 12.2. The number of aliphatic imine (C=N–C) groups is 1. The highest BCUT2D eigenvalue weighted by atomic mass is 32.2. The second-order valence-electron chi connectivity index (χ2n) is 14.5. The van der Waals surface area contributed by atoms with Gasteiger partial charge in [0.15, 0.2) is 5.96 Å². The molecule has 0 atom stereocenters. The SMILES string of the molecule is CC(C)(C)c1cc2cn(-c3ccc(C(=O)NCCCN=C(N)N)cc3)c(=O)nc2[nH]1.CC(C)(C)c1ccc(S(=O)(=O)NC2CCNCC2)cc1. The molecule has 1 amide bonds. The fourth-order valence-corrected chi connectivity index (χ4v) is 6.61. The van der Waals surface area contributed by atoms with Gasteiger partial charge in [-0.25, -0.2) is 17.9 Å². The van der Waals surface area contributed by atoms with E-state index in [0.29, 0.717) is 41.3 Å². The Balaban J connectivity index is 0.000000244. The Morgan fingerprint density at radius 2 is 1.62 bits per heavy atom. The van der Waals surface area contributed by atoms with Crippen LogP contribution in [-0.2, 0) is 20.9 Å². The number of hydrogen-bond donors (Lipinski definition) is 6. The number of guanidine groups is 1. The molecule has 8 N–H and O–H groups in total. The van der Waals surface area contributed by atoms with Gasteiger partial charge in [0, 0.05) is 47.4 Å². The fourth-order valence-electron chi connectivity index (χ4n) is 5.31. The zero-order chi connectivity index (χ0) is 36.7. The first-order chi connectivity index (χ1) is 23.4. The van der Waals surface area contributed by atoms with Crippen LogP contribution in [0, 0.1) is 0 Å². The lowest BCUT2D eigenvalue weighted by Crippen LogP contribution is -2.42. The van der Waals surface area contributed by atoms with Crippen molar-refractivity contribution in [1.82, 2.24) is 29.9 Å². The molecule has 1 fully saturated rings. The summed E-state index contributed by atoms with van der Waals surface area (Å²) >= 11 is 0. The van der Waals surface area contributed by atoms with Crippen molar-refractivity contribution in [3.8, 4) is 5.69 Å². The molecule has 14 heteroatoms. The van der Waals surface area contributed by atoms with Crippen LogP contribution < -0.4 is 32.5 Å². The summed E-state index contributed by atoms with van der Waals surface area (Å²) in [6.45, 7) is 15.3. The molecular formula is C36H51N9O4S. The number of H-pyrrole nitrogens is 1. The van der Waals surface area contributed by atoms with Crippen molar-refractivity contribution in [3.05, 3.63) is 88.1 Å². The molecule has 2 aromatic carbocycles. The van der Waals surface area contributed by atoms with Crippen LogP contribution in [0.15, 0.2) is 75.5 Å². The number of hydrogen-bond acceptors (Lipinski definition) is 7. The second kappa shape index (κ2) is 16.0. The largest absolute Gasteiger partial charge is 0.370 e. The molecule has 2 aromatic heterocycles. The number of benzene rings is 2. The van der Waals surface area contributed by atoms with E-state index in [4.69, 9.17) is 11.5 Å². The Morgan fingerprint density at radius 1 is 0.980 bits per heavy atom. The number of nitrogens with one attached hydrogen (secondary N) is 4. The molecule has 1 aliphatic rings. The Hall–Kier alpha value is -4.53. The highest BCUT2D eigenvalue weighted by Crippen LogP contribution is 2.25. The van der Waals surface area contributed by atoms with Crippen LogP contribution in [0.3, 0.4) is 0 Å². The molecule has 13 nitrogen and oxygen atoms in total. The lowest BCUT2D eigenvalue weighted by molar-refractivity contribution is 0.0953. The van der Waals surface area contributed by atoms with Crippen LogP contribution in [0.2, 0.25) is 0 Å². The molecular weight excluding hydrogens is 655 g/mol. The van der Waals surface area contributed by atoms with Crippen molar-refractivity contribution in [2.75, 3.05) is 26.2 Å². The maximum absolute atomic E-state index is 12.5. The van der Waals surface area contributed by atoms with Crippen molar-refractivity contribution in [2.45, 2.75) is 82.6 Å². The maximum atomic E-state index is 12.5. The van der Waals surface area contributed by atoms with E-state index < -0.39 is 10.0 Å². The second-order valence-corrected chi connectivity index (χ2v) is 16.2. The van der Waals surface area contributed by atoms with E-state index in [2.05, 4.69) is 71.9 Å². The van der Waals surface area contributed by atoms with Crippen molar-refractivity contribution in [3.63, 3.8) is 0 Å². The summed E-state index contributed by atoms with van der Waals surface area (Å²) in [7, 11) is -3.40. The summed E-state index contributed by atoms with van der Waals surface area (Å²) in [6, 6.07) is 16.0. The number of aromatic nitrogens is 3. The monoisotopic (exact) mass is 705 g/mol.